The number of benzene rings is 2. The van der Waals surface area contributed by atoms with Crippen LogP contribution in [0.2, 0.25) is 0 Å². The van der Waals surface area contributed by atoms with Crippen molar-refractivity contribution in [2.45, 2.75) is 19.0 Å². The van der Waals surface area contributed by atoms with Gasteiger partial charge in [-0.1, -0.05) is 11.8 Å². The van der Waals surface area contributed by atoms with Gasteiger partial charge in [0, 0.05) is 22.5 Å². The van der Waals surface area contributed by atoms with Crippen LogP contribution >= 0.6 is 0 Å². The summed E-state index contributed by atoms with van der Waals surface area (Å²) >= 11 is 0. The van der Waals surface area contributed by atoms with Crippen molar-refractivity contribution in [2.75, 3.05) is 7.11 Å². The average Bonchev–Trinajstić information content (AvgIpc) is 3.38. The van der Waals surface area contributed by atoms with E-state index in [0.29, 0.717) is 16.7 Å². The van der Waals surface area contributed by atoms with Crippen LogP contribution in [0.15, 0.2) is 42.6 Å². The number of urea groups is 1. The third kappa shape index (κ3) is 3.18. The minimum Gasteiger partial charge on any atom is -0.497 e. The van der Waals surface area contributed by atoms with Crippen LogP contribution in [0.25, 0.3) is 21.8 Å². The summed E-state index contributed by atoms with van der Waals surface area (Å²) in [6.07, 6.45) is 1.70. The Morgan fingerprint density at radius 3 is 2.81 bits per heavy atom. The first-order valence-corrected chi connectivity index (χ1v) is 9.86. The second-order valence-electron chi connectivity index (χ2n) is 7.65. The molecule has 3 heterocycles. The molecule has 9 heteroatoms. The molecule has 1 atom stereocenters. The summed E-state index contributed by atoms with van der Waals surface area (Å²) in [5.41, 5.74) is 0.744. The van der Waals surface area contributed by atoms with Crippen molar-refractivity contribution in [1.82, 2.24) is 25.2 Å². The number of methoxy groups -OCH3 is 1. The first-order chi connectivity index (χ1) is 15.4. The van der Waals surface area contributed by atoms with Crippen LogP contribution in [-0.4, -0.2) is 44.2 Å². The summed E-state index contributed by atoms with van der Waals surface area (Å²) < 4.78 is 6.71. The lowest BCUT2D eigenvalue weighted by atomic mass is 9.99. The largest absolute Gasteiger partial charge is 0.497 e. The molecule has 5 rings (SSSR count). The molecule has 0 saturated carbocycles. The van der Waals surface area contributed by atoms with Gasteiger partial charge in [-0.2, -0.15) is 0 Å². The van der Waals surface area contributed by atoms with E-state index in [9.17, 15) is 14.7 Å². The van der Waals surface area contributed by atoms with Crippen molar-refractivity contribution in [3.05, 3.63) is 54.0 Å². The molecule has 0 aliphatic carbocycles. The molecular weight excluding hydrogens is 410 g/mol. The van der Waals surface area contributed by atoms with E-state index in [1.54, 1.807) is 37.6 Å². The fourth-order valence-corrected chi connectivity index (χ4v) is 3.85. The molecule has 0 unspecified atom stereocenters. The molecular formula is C23H19N5O4. The van der Waals surface area contributed by atoms with Crippen LogP contribution in [0.5, 0.6) is 11.6 Å². The molecule has 3 amide bonds. The van der Waals surface area contributed by atoms with Crippen LogP contribution in [0.1, 0.15) is 11.4 Å². The number of amides is 3. The highest BCUT2D eigenvalue weighted by Gasteiger charge is 2.46. The monoisotopic (exact) mass is 429 g/mol. The molecule has 4 N–H and O–H groups in total. The van der Waals surface area contributed by atoms with Gasteiger partial charge in [-0.25, -0.2) is 9.78 Å². The first-order valence-electron chi connectivity index (χ1n) is 9.86. The van der Waals surface area contributed by atoms with Crippen LogP contribution in [0.3, 0.4) is 0 Å². The molecule has 2 aromatic carbocycles. The van der Waals surface area contributed by atoms with Crippen LogP contribution in [0.4, 0.5) is 4.79 Å². The number of fused-ring (bicyclic) bond motifs is 2. The van der Waals surface area contributed by atoms with Gasteiger partial charge in [0.1, 0.15) is 11.6 Å². The average molecular weight is 429 g/mol. The molecule has 2 aromatic heterocycles. The summed E-state index contributed by atoms with van der Waals surface area (Å²) in [5, 5.41) is 16.9. The number of hydrogen-bond donors (Lipinski definition) is 4. The SMILES string of the molecule is COc1ccc2cn(C[C@@]3(C#Cc4ccc5nc(C)[nH]c5c4)NC(=O)NC3=O)c(O)c2c1. The molecule has 0 bridgehead atoms. The third-order valence-corrected chi connectivity index (χ3v) is 5.44. The predicted molar refractivity (Wildman–Crippen MR) is 117 cm³/mol. The standard InChI is InChI=1S/C23H19N5O4/c1-13-24-18-6-3-14(9-19(18)25-13)7-8-23(21(30)26-22(31)27-23)12-28-11-15-4-5-16(32-2)10-17(15)20(28)29/h3-6,9-11,29H,12H2,1-2H3,(H,24,25)(H2,26,27,30,31)/t23-/m1/s1. The minimum atomic E-state index is -1.55. The smallest absolute Gasteiger partial charge is 0.323 e. The summed E-state index contributed by atoms with van der Waals surface area (Å²) in [5.74, 6) is 6.65. The number of aryl methyl sites for hydroxylation is 1. The van der Waals surface area contributed by atoms with Crippen LogP contribution in [-0.2, 0) is 11.3 Å². The molecule has 4 aromatic rings. The van der Waals surface area contributed by atoms with Crippen LogP contribution < -0.4 is 15.4 Å². The molecule has 1 aliphatic heterocycles. The zero-order chi connectivity index (χ0) is 22.5. The number of ether oxygens (including phenoxy) is 1. The Morgan fingerprint density at radius 1 is 1.22 bits per heavy atom. The van der Waals surface area contributed by atoms with Gasteiger partial charge in [0.2, 0.25) is 5.54 Å². The van der Waals surface area contributed by atoms with E-state index in [4.69, 9.17) is 4.74 Å². The fourth-order valence-electron chi connectivity index (χ4n) is 3.85. The molecule has 1 fully saturated rings. The summed E-state index contributed by atoms with van der Waals surface area (Å²) in [7, 11) is 1.54. The molecule has 1 saturated heterocycles. The molecule has 160 valence electrons. The first kappa shape index (κ1) is 19.5. The maximum absolute atomic E-state index is 12.7. The highest BCUT2D eigenvalue weighted by Crippen LogP contribution is 2.32. The molecule has 0 spiro atoms. The number of imidazole rings is 1. The highest BCUT2D eigenvalue weighted by molar-refractivity contribution is 6.09. The maximum Gasteiger partial charge on any atom is 0.323 e. The Bertz CT molecular complexity index is 1470. The lowest BCUT2D eigenvalue weighted by Crippen LogP contribution is -2.49. The molecule has 0 radical (unpaired) electrons. The van der Waals surface area contributed by atoms with Crippen molar-refractivity contribution in [3.63, 3.8) is 0 Å². The highest BCUT2D eigenvalue weighted by atomic mass is 16.5. The molecule has 32 heavy (non-hydrogen) atoms. The van der Waals surface area contributed by atoms with Gasteiger partial charge in [0.25, 0.3) is 5.91 Å². The number of hydrogen-bond acceptors (Lipinski definition) is 5. The van der Waals surface area contributed by atoms with Gasteiger partial charge in [-0.05, 0) is 43.3 Å². The predicted octanol–water partition coefficient (Wildman–Crippen LogP) is 2.17. The Balaban J connectivity index is 1.55. The van der Waals surface area contributed by atoms with Gasteiger partial charge in [0.05, 0.1) is 24.7 Å². The van der Waals surface area contributed by atoms with Crippen molar-refractivity contribution in [1.29, 1.82) is 0 Å². The molecule has 9 nitrogen and oxygen atoms in total. The minimum absolute atomic E-state index is 0.0524. The Morgan fingerprint density at radius 2 is 2.06 bits per heavy atom. The quantitative estimate of drug-likeness (QED) is 0.294. The lowest BCUT2D eigenvalue weighted by molar-refractivity contribution is -0.122. The van der Waals surface area contributed by atoms with Crippen molar-refractivity contribution in [2.24, 2.45) is 0 Å². The van der Waals surface area contributed by atoms with E-state index in [2.05, 4.69) is 32.4 Å². The van der Waals surface area contributed by atoms with Gasteiger partial charge in [-0.3, -0.25) is 10.1 Å². The number of nitrogens with zero attached hydrogens (tertiary/aromatic N) is 2. The summed E-state index contributed by atoms with van der Waals surface area (Å²) in [6.45, 7) is 1.79. The second kappa shape index (κ2) is 7.06. The summed E-state index contributed by atoms with van der Waals surface area (Å²) in [4.78, 5) is 32.2. The zero-order valence-electron chi connectivity index (χ0n) is 17.3. The Labute approximate surface area is 182 Å². The normalized spacial score (nSPS) is 17.8. The number of nitrogens with one attached hydrogen (secondary N) is 3. The van der Waals surface area contributed by atoms with E-state index < -0.39 is 17.5 Å². The van der Waals surface area contributed by atoms with Gasteiger partial charge < -0.3 is 24.7 Å². The Hall–Kier alpha value is -4.45. The van der Waals surface area contributed by atoms with E-state index in [1.807, 2.05) is 19.1 Å². The Kier molecular flexibility index (Phi) is 4.30. The van der Waals surface area contributed by atoms with E-state index >= 15 is 0 Å². The number of carbonyl (C=O) groups excluding carboxylic acids is 2. The maximum atomic E-state index is 12.7. The van der Waals surface area contributed by atoms with E-state index in [1.165, 1.54) is 4.57 Å². The van der Waals surface area contributed by atoms with Crippen molar-refractivity contribution < 1.29 is 19.4 Å². The van der Waals surface area contributed by atoms with Gasteiger partial charge in [0.15, 0.2) is 5.88 Å². The molecule has 1 aliphatic rings. The summed E-state index contributed by atoms with van der Waals surface area (Å²) in [6, 6.07) is 10.1. The second-order valence-corrected chi connectivity index (χ2v) is 7.65. The van der Waals surface area contributed by atoms with Gasteiger partial charge >= 0.3 is 6.03 Å². The zero-order valence-corrected chi connectivity index (χ0v) is 17.3. The van der Waals surface area contributed by atoms with Crippen LogP contribution in [0, 0.1) is 18.8 Å². The number of carbonyl (C=O) groups is 2. The third-order valence-electron chi connectivity index (χ3n) is 5.44. The fraction of sp³-hybridized carbons (Fsp3) is 0.174. The van der Waals surface area contributed by atoms with E-state index in [0.717, 1.165) is 22.2 Å². The number of rotatable bonds is 3. The number of aromatic hydroxyl groups is 1. The lowest BCUT2D eigenvalue weighted by Gasteiger charge is -2.20. The van der Waals surface area contributed by atoms with Crippen molar-refractivity contribution >= 4 is 33.7 Å². The topological polar surface area (TPSA) is 121 Å². The number of aromatic amines is 1. The van der Waals surface area contributed by atoms with Crippen molar-refractivity contribution in [3.8, 4) is 23.5 Å². The van der Waals surface area contributed by atoms with E-state index in [-0.39, 0.29) is 12.4 Å². The number of aromatic nitrogens is 3. The van der Waals surface area contributed by atoms with Gasteiger partial charge in [-0.15, -0.1) is 0 Å². The number of imide groups is 1. The number of H-pyrrole nitrogens is 1.